The molecule has 0 saturated carbocycles. The van der Waals surface area contributed by atoms with Gasteiger partial charge in [0.1, 0.15) is 0 Å². The van der Waals surface area contributed by atoms with Gasteiger partial charge in [0.25, 0.3) is 17.6 Å². The second kappa shape index (κ2) is 6.69. The van der Waals surface area contributed by atoms with Gasteiger partial charge >= 0.3 is 5.76 Å². The van der Waals surface area contributed by atoms with E-state index in [1.807, 2.05) is 0 Å². The number of amides is 1. The van der Waals surface area contributed by atoms with Crippen molar-refractivity contribution in [2.24, 2.45) is 0 Å². The highest BCUT2D eigenvalue weighted by atomic mass is 16.5. The van der Waals surface area contributed by atoms with Crippen LogP contribution in [0.5, 0.6) is 0 Å². The van der Waals surface area contributed by atoms with E-state index in [-0.39, 0.29) is 23.2 Å². The normalized spacial score (nSPS) is 10.3. The summed E-state index contributed by atoms with van der Waals surface area (Å²) in [5.74, 6) is -1.11. The third-order valence-electron chi connectivity index (χ3n) is 2.74. The molecule has 1 N–H and O–H groups in total. The monoisotopic (exact) mass is 316 g/mol. The summed E-state index contributed by atoms with van der Waals surface area (Å²) in [6.07, 6.45) is 3.33. The van der Waals surface area contributed by atoms with E-state index in [0.29, 0.717) is 13.1 Å². The van der Waals surface area contributed by atoms with Gasteiger partial charge < -0.3 is 9.42 Å². The van der Waals surface area contributed by atoms with Crippen LogP contribution >= 0.6 is 0 Å². The lowest BCUT2D eigenvalue weighted by molar-refractivity contribution is -0.112. The third kappa shape index (κ3) is 3.51. The van der Waals surface area contributed by atoms with Crippen LogP contribution in [-0.4, -0.2) is 38.5 Å². The molecule has 2 aromatic heterocycles. The molecule has 0 aliphatic rings. The van der Waals surface area contributed by atoms with Crippen molar-refractivity contribution in [3.05, 3.63) is 48.0 Å². The Kier molecular flexibility index (Phi) is 4.69. The fraction of sp³-hybridized carbons (Fsp3) is 0.214. The van der Waals surface area contributed by atoms with Crippen molar-refractivity contribution in [2.45, 2.75) is 6.92 Å². The van der Waals surface area contributed by atoms with E-state index in [1.54, 1.807) is 24.0 Å². The maximum Gasteiger partial charge on any atom is 0.462 e. The zero-order chi connectivity index (χ0) is 17.0. The maximum atomic E-state index is 11.8. The first kappa shape index (κ1) is 16.1. The molecule has 2 rings (SSSR count). The summed E-state index contributed by atoms with van der Waals surface area (Å²) in [6.45, 7) is 13.3. The molecular weight excluding hydrogens is 300 g/mol. The topological polar surface area (TPSA) is 106 Å². The van der Waals surface area contributed by atoms with Crippen LogP contribution in [0, 0.1) is 0 Å². The van der Waals surface area contributed by atoms with E-state index in [2.05, 4.69) is 40.0 Å². The van der Waals surface area contributed by atoms with Crippen LogP contribution in [-0.2, 0) is 4.79 Å². The average molecular weight is 316 g/mol. The van der Waals surface area contributed by atoms with Gasteiger partial charge in [0, 0.05) is 18.7 Å². The van der Waals surface area contributed by atoms with Gasteiger partial charge in [-0.1, -0.05) is 23.3 Å². The summed E-state index contributed by atoms with van der Waals surface area (Å²) in [5.41, 5.74) is 0.273. The van der Waals surface area contributed by atoms with Crippen molar-refractivity contribution in [1.29, 1.82) is 0 Å². The number of rotatable bonds is 7. The molecule has 0 fully saturated rings. The largest absolute Gasteiger partial charge is 0.462 e. The second-order valence-corrected chi connectivity index (χ2v) is 4.63. The SMILES string of the molecule is C=CCN(CC=C)c1nc(NC(=O)C(=C)C)n2oc(=O)nc2n1. The van der Waals surface area contributed by atoms with Crippen LogP contribution in [0.1, 0.15) is 6.92 Å². The van der Waals surface area contributed by atoms with Crippen molar-refractivity contribution in [1.82, 2.24) is 19.5 Å². The Morgan fingerprint density at radius 2 is 1.96 bits per heavy atom. The molecule has 0 aliphatic carbocycles. The predicted molar refractivity (Wildman–Crippen MR) is 85.4 cm³/mol. The molecule has 0 radical (unpaired) electrons. The summed E-state index contributed by atoms with van der Waals surface area (Å²) >= 11 is 0. The molecule has 0 unspecified atom stereocenters. The first-order valence-corrected chi connectivity index (χ1v) is 6.68. The quantitative estimate of drug-likeness (QED) is 0.594. The van der Waals surface area contributed by atoms with Crippen LogP contribution in [0.3, 0.4) is 0 Å². The van der Waals surface area contributed by atoms with Crippen LogP contribution in [0.25, 0.3) is 5.78 Å². The van der Waals surface area contributed by atoms with Crippen molar-refractivity contribution in [2.75, 3.05) is 23.3 Å². The molecule has 0 bridgehead atoms. The van der Waals surface area contributed by atoms with Crippen LogP contribution < -0.4 is 16.0 Å². The highest BCUT2D eigenvalue weighted by Gasteiger charge is 2.17. The number of hydrogen-bond acceptors (Lipinski definition) is 7. The molecule has 0 aromatic carbocycles. The fourth-order valence-corrected chi connectivity index (χ4v) is 1.71. The van der Waals surface area contributed by atoms with Gasteiger partial charge in [0.15, 0.2) is 0 Å². The van der Waals surface area contributed by atoms with Gasteiger partial charge in [0.2, 0.25) is 5.95 Å². The van der Waals surface area contributed by atoms with Gasteiger partial charge in [-0.2, -0.15) is 9.97 Å². The van der Waals surface area contributed by atoms with Gasteiger partial charge in [-0.25, -0.2) is 4.79 Å². The summed E-state index contributed by atoms with van der Waals surface area (Å²) in [4.78, 5) is 36.9. The molecule has 0 atom stereocenters. The summed E-state index contributed by atoms with van der Waals surface area (Å²) in [5, 5.41) is 2.50. The highest BCUT2D eigenvalue weighted by molar-refractivity contribution is 6.01. The van der Waals surface area contributed by atoms with Gasteiger partial charge in [-0.05, 0) is 6.92 Å². The van der Waals surface area contributed by atoms with E-state index in [4.69, 9.17) is 4.52 Å². The number of hydrogen-bond donors (Lipinski definition) is 1. The van der Waals surface area contributed by atoms with Crippen molar-refractivity contribution in [3.8, 4) is 0 Å². The van der Waals surface area contributed by atoms with Gasteiger partial charge in [0.05, 0.1) is 0 Å². The highest BCUT2D eigenvalue weighted by Crippen LogP contribution is 2.14. The smallest absolute Gasteiger partial charge is 0.333 e. The van der Waals surface area contributed by atoms with Gasteiger partial charge in [-0.15, -0.1) is 18.1 Å². The number of nitrogens with one attached hydrogen (secondary N) is 1. The predicted octanol–water partition coefficient (Wildman–Crippen LogP) is 0.770. The first-order chi connectivity index (χ1) is 11.0. The number of anilines is 2. The maximum absolute atomic E-state index is 11.8. The third-order valence-corrected chi connectivity index (χ3v) is 2.74. The lowest BCUT2D eigenvalue weighted by Crippen LogP contribution is -2.27. The lowest BCUT2D eigenvalue weighted by atomic mass is 10.3. The molecule has 23 heavy (non-hydrogen) atoms. The number of aromatic nitrogens is 4. The van der Waals surface area contributed by atoms with Crippen molar-refractivity contribution in [3.63, 3.8) is 0 Å². The number of fused-ring (bicyclic) bond motifs is 1. The average Bonchev–Trinajstić information content (AvgIpc) is 2.87. The Morgan fingerprint density at radius 3 is 2.52 bits per heavy atom. The van der Waals surface area contributed by atoms with E-state index >= 15 is 0 Å². The summed E-state index contributed by atoms with van der Waals surface area (Å²) < 4.78 is 5.81. The van der Waals surface area contributed by atoms with Crippen molar-refractivity contribution < 1.29 is 9.32 Å². The molecule has 9 heteroatoms. The van der Waals surface area contributed by atoms with E-state index in [1.165, 1.54) is 0 Å². The minimum atomic E-state index is -0.846. The molecule has 0 aliphatic heterocycles. The Bertz CT molecular complexity index is 825. The number of nitrogens with zero attached hydrogens (tertiary/aromatic N) is 5. The molecule has 1 amide bonds. The van der Waals surface area contributed by atoms with Gasteiger partial charge in [-0.3, -0.25) is 10.1 Å². The molecule has 0 spiro atoms. The number of carbonyl (C=O) groups is 1. The van der Waals surface area contributed by atoms with E-state index in [9.17, 15) is 9.59 Å². The molecule has 2 heterocycles. The zero-order valence-electron chi connectivity index (χ0n) is 12.7. The molecule has 9 nitrogen and oxygen atoms in total. The lowest BCUT2D eigenvalue weighted by Gasteiger charge is -2.19. The molecular formula is C14H16N6O3. The van der Waals surface area contributed by atoms with Crippen LogP contribution in [0.15, 0.2) is 46.8 Å². The Hall–Kier alpha value is -3.23. The standard InChI is InChI=1S/C14H16N6O3/c1-5-7-19(8-6-2)11-16-12(15-10(21)9(3)4)20-13(17-11)18-14(22)23-20/h5-6H,1-3,7-8H2,4H3,(H,15,16,17,18,21,22). The fourth-order valence-electron chi connectivity index (χ4n) is 1.71. The molecule has 0 saturated heterocycles. The summed E-state index contributed by atoms with van der Waals surface area (Å²) in [6, 6.07) is 0. The molecule has 120 valence electrons. The minimum absolute atomic E-state index is 0.0184. The first-order valence-electron chi connectivity index (χ1n) is 6.68. The van der Waals surface area contributed by atoms with Crippen LogP contribution in [0.4, 0.5) is 11.9 Å². The Balaban J connectivity index is 2.56. The number of carbonyl (C=O) groups excluding carboxylic acids is 1. The Morgan fingerprint density at radius 1 is 1.30 bits per heavy atom. The second-order valence-electron chi connectivity index (χ2n) is 4.63. The summed E-state index contributed by atoms with van der Waals surface area (Å²) in [7, 11) is 0. The van der Waals surface area contributed by atoms with E-state index in [0.717, 1.165) is 4.57 Å². The van der Waals surface area contributed by atoms with E-state index < -0.39 is 11.7 Å². The molecule has 2 aromatic rings. The minimum Gasteiger partial charge on any atom is -0.333 e. The van der Waals surface area contributed by atoms with Crippen molar-refractivity contribution >= 4 is 23.6 Å². The Labute approximate surface area is 131 Å². The zero-order valence-corrected chi connectivity index (χ0v) is 12.7. The van der Waals surface area contributed by atoms with Crippen LogP contribution in [0.2, 0.25) is 0 Å².